The van der Waals surface area contributed by atoms with Crippen LogP contribution >= 0.6 is 15.9 Å². The average molecular weight is 300 g/mol. The Morgan fingerprint density at radius 1 is 1.41 bits per heavy atom. The van der Waals surface area contributed by atoms with Crippen LogP contribution in [-0.4, -0.2) is 23.0 Å². The number of carbonyl (C=O) groups is 1. The Morgan fingerprint density at radius 3 is 2.65 bits per heavy atom. The van der Waals surface area contributed by atoms with E-state index in [0.717, 1.165) is 10.2 Å². The molecular formula is C12H18BrN3O. The van der Waals surface area contributed by atoms with E-state index >= 15 is 0 Å². The van der Waals surface area contributed by atoms with Crippen molar-refractivity contribution in [1.82, 2.24) is 15.6 Å². The van der Waals surface area contributed by atoms with E-state index in [1.807, 2.05) is 32.9 Å². The van der Waals surface area contributed by atoms with Crippen molar-refractivity contribution in [2.75, 3.05) is 0 Å². The third-order valence-electron chi connectivity index (χ3n) is 2.20. The lowest BCUT2D eigenvalue weighted by Crippen LogP contribution is -2.44. The molecule has 1 heterocycles. The highest BCUT2D eigenvalue weighted by Crippen LogP contribution is 2.07. The number of aromatic nitrogens is 1. The molecule has 0 aliphatic rings. The second-order valence-electron chi connectivity index (χ2n) is 4.23. The maximum Gasteiger partial charge on any atom is 0.237 e. The van der Waals surface area contributed by atoms with Gasteiger partial charge in [-0.1, -0.05) is 0 Å². The molecule has 0 bridgehead atoms. The fourth-order valence-electron chi connectivity index (χ4n) is 1.27. The fourth-order valence-corrected chi connectivity index (χ4v) is 1.51. The molecule has 0 saturated carbocycles. The van der Waals surface area contributed by atoms with Gasteiger partial charge in [-0.3, -0.25) is 9.78 Å². The van der Waals surface area contributed by atoms with Gasteiger partial charge >= 0.3 is 0 Å². The molecule has 2 N–H and O–H groups in total. The van der Waals surface area contributed by atoms with Crippen LogP contribution in [-0.2, 0) is 11.3 Å². The first kappa shape index (κ1) is 14.1. The summed E-state index contributed by atoms with van der Waals surface area (Å²) in [5.74, 6) is 0.0112. The molecule has 5 heteroatoms. The van der Waals surface area contributed by atoms with Gasteiger partial charge in [-0.15, -0.1) is 0 Å². The monoisotopic (exact) mass is 299 g/mol. The number of nitrogens with zero attached hydrogens (tertiary/aromatic N) is 1. The number of hydrogen-bond donors (Lipinski definition) is 2. The SMILES string of the molecule is CC(C)NC(=O)C(C)NCc1ccc(Br)cn1. The molecule has 1 rings (SSSR count). The van der Waals surface area contributed by atoms with Crippen molar-refractivity contribution >= 4 is 21.8 Å². The van der Waals surface area contributed by atoms with Crippen molar-refractivity contribution in [3.63, 3.8) is 0 Å². The van der Waals surface area contributed by atoms with Gasteiger partial charge in [0, 0.05) is 23.3 Å². The lowest BCUT2D eigenvalue weighted by molar-refractivity contribution is -0.123. The summed E-state index contributed by atoms with van der Waals surface area (Å²) in [6, 6.07) is 3.80. The van der Waals surface area contributed by atoms with Crippen LogP contribution in [0.4, 0.5) is 0 Å². The van der Waals surface area contributed by atoms with Crippen molar-refractivity contribution in [2.45, 2.75) is 39.4 Å². The molecule has 0 radical (unpaired) electrons. The summed E-state index contributed by atoms with van der Waals surface area (Å²) in [6.45, 7) is 6.32. The van der Waals surface area contributed by atoms with E-state index in [2.05, 4.69) is 31.5 Å². The van der Waals surface area contributed by atoms with E-state index in [9.17, 15) is 4.79 Å². The second kappa shape index (κ2) is 6.71. The molecule has 0 aliphatic heterocycles. The Bertz CT molecular complexity index is 365. The van der Waals surface area contributed by atoms with Crippen molar-refractivity contribution in [3.8, 4) is 0 Å². The Morgan fingerprint density at radius 2 is 2.12 bits per heavy atom. The molecule has 1 aromatic heterocycles. The Hall–Kier alpha value is -0.940. The van der Waals surface area contributed by atoms with Gasteiger partial charge in [0.25, 0.3) is 0 Å². The molecule has 0 fully saturated rings. The van der Waals surface area contributed by atoms with Gasteiger partial charge in [0.15, 0.2) is 0 Å². The van der Waals surface area contributed by atoms with Crippen LogP contribution in [0.1, 0.15) is 26.5 Å². The van der Waals surface area contributed by atoms with Crippen LogP contribution in [0.2, 0.25) is 0 Å². The molecule has 1 atom stereocenters. The minimum atomic E-state index is -0.220. The number of pyridine rings is 1. The van der Waals surface area contributed by atoms with Crippen LogP contribution in [0.5, 0.6) is 0 Å². The topological polar surface area (TPSA) is 54.0 Å². The molecule has 0 aromatic carbocycles. The van der Waals surface area contributed by atoms with Crippen molar-refractivity contribution < 1.29 is 4.79 Å². The normalized spacial score (nSPS) is 12.5. The molecule has 17 heavy (non-hydrogen) atoms. The number of amides is 1. The summed E-state index contributed by atoms with van der Waals surface area (Å²) >= 11 is 3.33. The highest BCUT2D eigenvalue weighted by atomic mass is 79.9. The minimum absolute atomic E-state index is 0.0112. The summed E-state index contributed by atoms with van der Waals surface area (Å²) in [4.78, 5) is 15.9. The van der Waals surface area contributed by atoms with Crippen molar-refractivity contribution in [1.29, 1.82) is 0 Å². The fraction of sp³-hybridized carbons (Fsp3) is 0.500. The van der Waals surface area contributed by atoms with Gasteiger partial charge in [0.1, 0.15) is 0 Å². The first-order valence-corrected chi connectivity index (χ1v) is 6.42. The molecule has 1 aromatic rings. The maximum atomic E-state index is 11.6. The summed E-state index contributed by atoms with van der Waals surface area (Å²) in [7, 11) is 0. The van der Waals surface area contributed by atoms with E-state index in [1.165, 1.54) is 0 Å². The first-order chi connectivity index (χ1) is 7.99. The number of hydrogen-bond acceptors (Lipinski definition) is 3. The molecule has 0 aliphatic carbocycles. The lowest BCUT2D eigenvalue weighted by Gasteiger charge is -2.15. The van der Waals surface area contributed by atoms with Crippen LogP contribution in [0.3, 0.4) is 0 Å². The van der Waals surface area contributed by atoms with Crippen LogP contribution in [0, 0.1) is 0 Å². The van der Waals surface area contributed by atoms with Crippen molar-refractivity contribution in [2.24, 2.45) is 0 Å². The van der Waals surface area contributed by atoms with Gasteiger partial charge in [-0.25, -0.2) is 0 Å². The van der Waals surface area contributed by atoms with Crippen molar-refractivity contribution in [3.05, 3.63) is 28.5 Å². The zero-order chi connectivity index (χ0) is 12.8. The zero-order valence-electron chi connectivity index (χ0n) is 10.3. The second-order valence-corrected chi connectivity index (χ2v) is 5.15. The smallest absolute Gasteiger partial charge is 0.237 e. The Kier molecular flexibility index (Phi) is 5.58. The number of rotatable bonds is 5. The van der Waals surface area contributed by atoms with Gasteiger partial charge in [0.05, 0.1) is 11.7 Å². The predicted octanol–water partition coefficient (Wildman–Crippen LogP) is 1.85. The lowest BCUT2D eigenvalue weighted by atomic mass is 10.2. The Balaban J connectivity index is 2.40. The van der Waals surface area contributed by atoms with E-state index in [4.69, 9.17) is 0 Å². The quantitative estimate of drug-likeness (QED) is 0.872. The largest absolute Gasteiger partial charge is 0.353 e. The first-order valence-electron chi connectivity index (χ1n) is 5.63. The number of nitrogens with one attached hydrogen (secondary N) is 2. The number of halogens is 1. The minimum Gasteiger partial charge on any atom is -0.353 e. The summed E-state index contributed by atoms with van der Waals surface area (Å²) in [6.07, 6.45) is 1.75. The molecule has 1 unspecified atom stereocenters. The molecular weight excluding hydrogens is 282 g/mol. The van der Waals surface area contributed by atoms with E-state index < -0.39 is 0 Å². The highest BCUT2D eigenvalue weighted by molar-refractivity contribution is 9.10. The average Bonchev–Trinajstić information content (AvgIpc) is 2.27. The van der Waals surface area contributed by atoms with Gasteiger partial charge < -0.3 is 10.6 Å². The summed E-state index contributed by atoms with van der Waals surface area (Å²) < 4.78 is 0.951. The van der Waals surface area contributed by atoms with E-state index in [-0.39, 0.29) is 18.0 Å². The third kappa shape index (κ3) is 5.28. The summed E-state index contributed by atoms with van der Waals surface area (Å²) in [5, 5.41) is 5.99. The Labute approximate surface area is 110 Å². The predicted molar refractivity (Wildman–Crippen MR) is 71.5 cm³/mol. The van der Waals surface area contributed by atoms with Gasteiger partial charge in [0.2, 0.25) is 5.91 Å². The van der Waals surface area contributed by atoms with E-state index in [0.29, 0.717) is 6.54 Å². The van der Waals surface area contributed by atoms with Crippen LogP contribution in [0.15, 0.2) is 22.8 Å². The molecule has 0 spiro atoms. The zero-order valence-corrected chi connectivity index (χ0v) is 11.9. The molecule has 94 valence electrons. The molecule has 1 amide bonds. The number of carbonyl (C=O) groups excluding carboxylic acids is 1. The van der Waals surface area contributed by atoms with Crippen LogP contribution < -0.4 is 10.6 Å². The third-order valence-corrected chi connectivity index (χ3v) is 2.67. The summed E-state index contributed by atoms with van der Waals surface area (Å²) in [5.41, 5.74) is 0.914. The van der Waals surface area contributed by atoms with Gasteiger partial charge in [-0.05, 0) is 48.8 Å². The van der Waals surface area contributed by atoms with Gasteiger partial charge in [-0.2, -0.15) is 0 Å². The highest BCUT2D eigenvalue weighted by Gasteiger charge is 2.12. The van der Waals surface area contributed by atoms with Crippen LogP contribution in [0.25, 0.3) is 0 Å². The maximum absolute atomic E-state index is 11.6. The molecule has 0 saturated heterocycles. The molecule has 4 nitrogen and oxygen atoms in total. The standard InChI is InChI=1S/C12H18BrN3O/c1-8(2)16-12(17)9(3)14-7-11-5-4-10(13)6-15-11/h4-6,8-9,14H,7H2,1-3H3,(H,16,17). The van der Waals surface area contributed by atoms with E-state index in [1.54, 1.807) is 6.20 Å².